The fourth-order valence-electron chi connectivity index (χ4n) is 1.84. The van der Waals surface area contributed by atoms with Crippen molar-refractivity contribution in [2.24, 2.45) is 11.7 Å². The van der Waals surface area contributed by atoms with Crippen molar-refractivity contribution in [3.8, 4) is 12.3 Å². The maximum absolute atomic E-state index is 11.2. The normalized spacial score (nSPS) is 27.0. The second-order valence-corrected chi connectivity index (χ2v) is 6.15. The Morgan fingerprint density at radius 3 is 2.79 bits per heavy atom. The Bertz CT molecular complexity index is 316. The average Bonchev–Trinajstić information content (AvgIpc) is 2.46. The largest absolute Gasteiger partial charge is 0.327 e. The summed E-state index contributed by atoms with van der Waals surface area (Å²) in [5, 5.41) is 0. The average molecular weight is 215 g/mol. The summed E-state index contributed by atoms with van der Waals surface area (Å²) in [4.78, 5) is 0. The van der Waals surface area contributed by atoms with Gasteiger partial charge < -0.3 is 5.73 Å². The van der Waals surface area contributed by atoms with Crippen LogP contribution in [0.3, 0.4) is 0 Å². The van der Waals surface area contributed by atoms with Gasteiger partial charge in [-0.05, 0) is 25.2 Å². The van der Waals surface area contributed by atoms with Gasteiger partial charge in [0.1, 0.15) is 0 Å². The van der Waals surface area contributed by atoms with Gasteiger partial charge in [-0.2, -0.15) is 0 Å². The van der Waals surface area contributed by atoms with Gasteiger partial charge in [-0.15, -0.1) is 12.3 Å². The van der Waals surface area contributed by atoms with E-state index in [1.54, 1.807) is 0 Å². The second-order valence-electron chi connectivity index (χ2n) is 3.92. The lowest BCUT2D eigenvalue weighted by Gasteiger charge is -2.16. The van der Waals surface area contributed by atoms with E-state index in [9.17, 15) is 8.42 Å². The lowest BCUT2D eigenvalue weighted by molar-refractivity contribution is 0.431. The zero-order valence-electron chi connectivity index (χ0n) is 8.28. The van der Waals surface area contributed by atoms with Crippen molar-refractivity contribution in [2.45, 2.75) is 31.7 Å². The Balaban J connectivity index is 2.33. The fourth-order valence-corrected chi connectivity index (χ4v) is 3.73. The third-order valence-electron chi connectivity index (χ3n) is 2.73. The molecule has 1 heterocycles. The monoisotopic (exact) mass is 215 g/mol. The molecular formula is C10H17NO2S. The van der Waals surface area contributed by atoms with E-state index in [-0.39, 0.29) is 17.7 Å². The van der Waals surface area contributed by atoms with Crippen LogP contribution in [0.1, 0.15) is 25.7 Å². The minimum atomic E-state index is -2.79. The third-order valence-corrected chi connectivity index (χ3v) is 4.53. The smallest absolute Gasteiger partial charge is 0.150 e. The van der Waals surface area contributed by atoms with Gasteiger partial charge in [0.2, 0.25) is 0 Å². The topological polar surface area (TPSA) is 60.2 Å². The van der Waals surface area contributed by atoms with E-state index in [1.807, 2.05) is 0 Å². The van der Waals surface area contributed by atoms with Crippen molar-refractivity contribution in [3.05, 3.63) is 0 Å². The summed E-state index contributed by atoms with van der Waals surface area (Å²) in [6.07, 6.45) is 8.31. The maximum atomic E-state index is 11.2. The van der Waals surface area contributed by atoms with Gasteiger partial charge in [-0.3, -0.25) is 0 Å². The standard InChI is InChI=1S/C10H17NO2S/c1-2-3-4-5-10(11)9-6-7-14(12,13)8-9/h1,9-10H,3-8,11H2. The van der Waals surface area contributed by atoms with E-state index in [2.05, 4.69) is 5.92 Å². The van der Waals surface area contributed by atoms with Crippen LogP contribution >= 0.6 is 0 Å². The first kappa shape index (κ1) is 11.5. The molecule has 0 spiro atoms. The lowest BCUT2D eigenvalue weighted by Crippen LogP contribution is -2.30. The first-order valence-electron chi connectivity index (χ1n) is 4.94. The fraction of sp³-hybridized carbons (Fsp3) is 0.800. The van der Waals surface area contributed by atoms with Gasteiger partial charge in [-0.25, -0.2) is 8.42 Å². The van der Waals surface area contributed by atoms with E-state index in [1.165, 1.54) is 0 Å². The first-order valence-corrected chi connectivity index (χ1v) is 6.77. The molecule has 0 bridgehead atoms. The van der Waals surface area contributed by atoms with Gasteiger partial charge >= 0.3 is 0 Å². The van der Waals surface area contributed by atoms with Crippen LogP contribution in [0.5, 0.6) is 0 Å². The predicted molar refractivity (Wildman–Crippen MR) is 57.4 cm³/mol. The molecule has 0 aromatic heterocycles. The van der Waals surface area contributed by atoms with Crippen LogP contribution in [-0.2, 0) is 9.84 Å². The second kappa shape index (κ2) is 4.81. The zero-order valence-corrected chi connectivity index (χ0v) is 9.09. The summed E-state index contributed by atoms with van der Waals surface area (Å²) in [5.41, 5.74) is 5.91. The number of hydrogen-bond acceptors (Lipinski definition) is 3. The summed E-state index contributed by atoms with van der Waals surface area (Å²) in [7, 11) is -2.79. The number of unbranched alkanes of at least 4 members (excludes halogenated alkanes) is 1. The quantitative estimate of drug-likeness (QED) is 0.550. The molecule has 14 heavy (non-hydrogen) atoms. The number of terminal acetylenes is 1. The van der Waals surface area contributed by atoms with Gasteiger partial charge in [-0.1, -0.05) is 0 Å². The van der Waals surface area contributed by atoms with Crippen LogP contribution in [0.4, 0.5) is 0 Å². The van der Waals surface area contributed by atoms with Crippen LogP contribution in [0.2, 0.25) is 0 Å². The molecule has 2 atom stereocenters. The molecule has 0 aliphatic carbocycles. The predicted octanol–water partition coefficient (Wildman–Crippen LogP) is 0.552. The van der Waals surface area contributed by atoms with Gasteiger partial charge in [0.15, 0.2) is 9.84 Å². The van der Waals surface area contributed by atoms with Gasteiger partial charge in [0.05, 0.1) is 11.5 Å². The minimum absolute atomic E-state index is 0.000579. The van der Waals surface area contributed by atoms with E-state index < -0.39 is 9.84 Å². The van der Waals surface area contributed by atoms with Crippen LogP contribution in [0, 0.1) is 18.3 Å². The molecule has 3 nitrogen and oxygen atoms in total. The van der Waals surface area contributed by atoms with Crippen LogP contribution in [-0.4, -0.2) is 26.0 Å². The molecular weight excluding hydrogens is 198 g/mol. The molecule has 0 radical (unpaired) electrons. The van der Waals surface area contributed by atoms with Crippen molar-refractivity contribution in [3.63, 3.8) is 0 Å². The Labute approximate surface area is 86.0 Å². The Morgan fingerprint density at radius 2 is 2.29 bits per heavy atom. The summed E-state index contributed by atoms with van der Waals surface area (Å²) < 4.78 is 22.4. The minimum Gasteiger partial charge on any atom is -0.327 e. The van der Waals surface area contributed by atoms with E-state index in [0.29, 0.717) is 5.75 Å². The number of rotatable bonds is 4. The van der Waals surface area contributed by atoms with Crippen molar-refractivity contribution in [2.75, 3.05) is 11.5 Å². The summed E-state index contributed by atoms with van der Waals surface area (Å²) in [6, 6.07) is 0.000579. The third kappa shape index (κ3) is 3.32. The Hall–Kier alpha value is -0.530. The summed E-state index contributed by atoms with van der Waals surface area (Å²) in [6.45, 7) is 0. The highest BCUT2D eigenvalue weighted by atomic mass is 32.2. The Morgan fingerprint density at radius 1 is 1.57 bits per heavy atom. The SMILES string of the molecule is C#CCCCC(N)C1CCS(=O)(=O)C1. The van der Waals surface area contributed by atoms with Crippen molar-refractivity contribution >= 4 is 9.84 Å². The molecule has 0 aromatic rings. The van der Waals surface area contributed by atoms with Gasteiger partial charge in [0.25, 0.3) is 0 Å². The highest BCUT2D eigenvalue weighted by Gasteiger charge is 2.31. The molecule has 2 unspecified atom stereocenters. The molecule has 1 aliphatic rings. The Kier molecular flexibility index (Phi) is 3.97. The summed E-state index contributed by atoms with van der Waals surface area (Å²) in [5.74, 6) is 3.28. The molecule has 0 saturated carbocycles. The molecule has 1 saturated heterocycles. The molecule has 2 N–H and O–H groups in total. The van der Waals surface area contributed by atoms with Crippen molar-refractivity contribution in [1.29, 1.82) is 0 Å². The number of nitrogens with two attached hydrogens (primary N) is 1. The highest BCUT2D eigenvalue weighted by molar-refractivity contribution is 7.91. The first-order chi connectivity index (χ1) is 6.55. The maximum Gasteiger partial charge on any atom is 0.150 e. The van der Waals surface area contributed by atoms with Gasteiger partial charge in [0, 0.05) is 12.5 Å². The van der Waals surface area contributed by atoms with Crippen LogP contribution in [0.15, 0.2) is 0 Å². The molecule has 80 valence electrons. The van der Waals surface area contributed by atoms with E-state index >= 15 is 0 Å². The van der Waals surface area contributed by atoms with Crippen molar-refractivity contribution < 1.29 is 8.42 Å². The zero-order chi connectivity index (χ0) is 10.6. The van der Waals surface area contributed by atoms with Crippen LogP contribution < -0.4 is 5.73 Å². The molecule has 4 heteroatoms. The molecule has 1 fully saturated rings. The van der Waals surface area contributed by atoms with E-state index in [0.717, 1.165) is 25.7 Å². The molecule has 0 aromatic carbocycles. The molecule has 1 rings (SSSR count). The number of sulfone groups is 1. The lowest BCUT2D eigenvalue weighted by atomic mass is 9.95. The number of hydrogen-bond donors (Lipinski definition) is 1. The van der Waals surface area contributed by atoms with Crippen molar-refractivity contribution in [1.82, 2.24) is 0 Å². The van der Waals surface area contributed by atoms with Crippen LogP contribution in [0.25, 0.3) is 0 Å². The highest BCUT2D eigenvalue weighted by Crippen LogP contribution is 2.23. The summed E-state index contributed by atoms with van der Waals surface area (Å²) >= 11 is 0. The molecule has 0 amide bonds. The van der Waals surface area contributed by atoms with E-state index in [4.69, 9.17) is 12.2 Å². The molecule has 1 aliphatic heterocycles.